The summed E-state index contributed by atoms with van der Waals surface area (Å²) in [5.74, 6) is 0. The van der Waals surface area contributed by atoms with E-state index in [2.05, 4.69) is 35.3 Å². The summed E-state index contributed by atoms with van der Waals surface area (Å²) in [4.78, 5) is 12.4. The molecule has 0 saturated heterocycles. The second-order valence-electron chi connectivity index (χ2n) is 2.54. The predicted octanol–water partition coefficient (Wildman–Crippen LogP) is 2.48. The van der Waals surface area contributed by atoms with E-state index in [9.17, 15) is 0 Å². The monoisotopic (exact) mass is 189 g/mol. The van der Waals surface area contributed by atoms with Crippen LogP contribution < -0.4 is 0 Å². The molecule has 1 aromatic carbocycles. The SMILES string of the molecule is C=NOCc1ccc(N=C)c(N=C)c1. The summed E-state index contributed by atoms with van der Waals surface area (Å²) in [6.45, 7) is 10.5. The first-order chi connectivity index (χ1) is 6.81. The molecule has 0 heterocycles. The summed E-state index contributed by atoms with van der Waals surface area (Å²) < 4.78 is 0. The maximum atomic E-state index is 4.80. The van der Waals surface area contributed by atoms with Crippen LogP contribution >= 0.6 is 0 Å². The largest absolute Gasteiger partial charge is 0.391 e. The van der Waals surface area contributed by atoms with Gasteiger partial charge in [-0.05, 0) is 31.1 Å². The number of aliphatic imine (C=N–C) groups is 2. The quantitative estimate of drug-likeness (QED) is 0.518. The van der Waals surface area contributed by atoms with Gasteiger partial charge in [0.05, 0.1) is 11.4 Å². The number of benzene rings is 1. The normalized spacial score (nSPS) is 9.14. The van der Waals surface area contributed by atoms with Gasteiger partial charge in [-0.1, -0.05) is 6.07 Å². The van der Waals surface area contributed by atoms with Crippen LogP contribution in [0.25, 0.3) is 0 Å². The minimum absolute atomic E-state index is 0.365. The minimum Gasteiger partial charge on any atom is -0.391 e. The van der Waals surface area contributed by atoms with Crippen LogP contribution in [0.5, 0.6) is 0 Å². The lowest BCUT2D eigenvalue weighted by molar-refractivity contribution is 0.133. The second kappa shape index (κ2) is 4.91. The smallest absolute Gasteiger partial charge is 0.142 e. The molecule has 0 unspecified atom stereocenters. The summed E-state index contributed by atoms with van der Waals surface area (Å²) >= 11 is 0. The van der Waals surface area contributed by atoms with Crippen LogP contribution in [-0.4, -0.2) is 20.2 Å². The van der Waals surface area contributed by atoms with Crippen molar-refractivity contribution in [2.75, 3.05) is 0 Å². The van der Waals surface area contributed by atoms with E-state index >= 15 is 0 Å². The van der Waals surface area contributed by atoms with Crippen molar-refractivity contribution in [1.82, 2.24) is 0 Å². The van der Waals surface area contributed by atoms with E-state index in [1.807, 2.05) is 12.1 Å². The van der Waals surface area contributed by atoms with Crippen molar-refractivity contribution in [3.8, 4) is 0 Å². The average Bonchev–Trinajstić information content (AvgIpc) is 2.25. The number of hydrogen-bond acceptors (Lipinski definition) is 4. The Bertz CT molecular complexity index is 360. The zero-order valence-corrected chi connectivity index (χ0v) is 7.81. The van der Waals surface area contributed by atoms with Crippen molar-refractivity contribution in [2.24, 2.45) is 15.1 Å². The first-order valence-electron chi connectivity index (χ1n) is 3.96. The fourth-order valence-corrected chi connectivity index (χ4v) is 1.04. The van der Waals surface area contributed by atoms with Crippen LogP contribution in [0.3, 0.4) is 0 Å². The Labute approximate surface area is 82.6 Å². The molecular weight excluding hydrogens is 178 g/mol. The molecule has 0 radical (unpaired) electrons. The van der Waals surface area contributed by atoms with Crippen molar-refractivity contribution < 1.29 is 4.84 Å². The van der Waals surface area contributed by atoms with Gasteiger partial charge < -0.3 is 4.84 Å². The van der Waals surface area contributed by atoms with Crippen molar-refractivity contribution in [1.29, 1.82) is 0 Å². The molecule has 0 bridgehead atoms. The van der Waals surface area contributed by atoms with E-state index in [4.69, 9.17) is 4.84 Å². The molecule has 1 rings (SSSR count). The molecule has 0 aliphatic heterocycles. The van der Waals surface area contributed by atoms with Gasteiger partial charge in [0.25, 0.3) is 0 Å². The first kappa shape index (κ1) is 10.1. The molecule has 4 nitrogen and oxygen atoms in total. The third-order valence-electron chi connectivity index (χ3n) is 1.70. The van der Waals surface area contributed by atoms with Crippen LogP contribution in [0.4, 0.5) is 11.4 Å². The zero-order chi connectivity index (χ0) is 10.4. The summed E-state index contributed by atoms with van der Waals surface area (Å²) in [6, 6.07) is 5.49. The molecular formula is C10H11N3O. The van der Waals surface area contributed by atoms with Crippen LogP contribution in [0, 0.1) is 0 Å². The van der Waals surface area contributed by atoms with Gasteiger partial charge in [-0.2, -0.15) is 0 Å². The highest BCUT2D eigenvalue weighted by Gasteiger charge is 2.00. The number of rotatable bonds is 5. The number of hydrogen-bond donors (Lipinski definition) is 0. The van der Waals surface area contributed by atoms with Crippen LogP contribution in [0.1, 0.15) is 5.56 Å². The summed E-state index contributed by atoms with van der Waals surface area (Å²) in [5.41, 5.74) is 2.33. The number of nitrogens with zero attached hydrogens (tertiary/aromatic N) is 3. The molecule has 0 aliphatic carbocycles. The fraction of sp³-hybridized carbons (Fsp3) is 0.100. The lowest BCUT2D eigenvalue weighted by Crippen LogP contribution is -1.85. The highest BCUT2D eigenvalue weighted by atomic mass is 16.6. The van der Waals surface area contributed by atoms with Crippen molar-refractivity contribution in [3.63, 3.8) is 0 Å². The molecule has 1 aromatic rings. The Hall–Kier alpha value is -1.97. The Morgan fingerprint density at radius 3 is 2.36 bits per heavy atom. The van der Waals surface area contributed by atoms with E-state index in [0.29, 0.717) is 18.0 Å². The molecule has 0 saturated carbocycles. The molecule has 0 N–H and O–H groups in total. The van der Waals surface area contributed by atoms with E-state index in [0.717, 1.165) is 5.56 Å². The Balaban J connectivity index is 2.94. The topological polar surface area (TPSA) is 46.3 Å². The molecule has 0 aromatic heterocycles. The van der Waals surface area contributed by atoms with Crippen molar-refractivity contribution >= 4 is 31.5 Å². The maximum Gasteiger partial charge on any atom is 0.142 e. The van der Waals surface area contributed by atoms with Gasteiger partial charge in [-0.3, -0.25) is 9.98 Å². The molecule has 14 heavy (non-hydrogen) atoms. The third kappa shape index (κ3) is 2.26. The van der Waals surface area contributed by atoms with Crippen LogP contribution in [0.2, 0.25) is 0 Å². The van der Waals surface area contributed by atoms with Crippen LogP contribution in [0.15, 0.2) is 33.3 Å². The van der Waals surface area contributed by atoms with Gasteiger partial charge in [-0.15, -0.1) is 5.16 Å². The lowest BCUT2D eigenvalue weighted by Gasteiger charge is -2.03. The van der Waals surface area contributed by atoms with Crippen molar-refractivity contribution in [3.05, 3.63) is 23.8 Å². The van der Waals surface area contributed by atoms with E-state index in [-0.39, 0.29) is 0 Å². The Morgan fingerprint density at radius 1 is 1.07 bits per heavy atom. The zero-order valence-electron chi connectivity index (χ0n) is 7.81. The van der Waals surface area contributed by atoms with E-state index in [1.54, 1.807) is 6.07 Å². The molecule has 0 spiro atoms. The molecule has 4 heteroatoms. The summed E-state index contributed by atoms with van der Waals surface area (Å²) in [7, 11) is 0. The Kier molecular flexibility index (Phi) is 3.55. The second-order valence-corrected chi connectivity index (χ2v) is 2.54. The van der Waals surface area contributed by atoms with Gasteiger partial charge in [0, 0.05) is 6.72 Å². The van der Waals surface area contributed by atoms with Crippen molar-refractivity contribution in [2.45, 2.75) is 6.61 Å². The predicted molar refractivity (Wildman–Crippen MR) is 59.2 cm³/mol. The summed E-state index contributed by atoms with van der Waals surface area (Å²) in [6.07, 6.45) is 0. The van der Waals surface area contributed by atoms with E-state index in [1.165, 1.54) is 0 Å². The standard InChI is InChI=1S/C10H11N3O/c1-11-9-5-4-8(7-14-13-3)6-10(9)12-2/h4-6H,1-3,7H2. The van der Waals surface area contributed by atoms with E-state index < -0.39 is 0 Å². The molecule has 0 fully saturated rings. The maximum absolute atomic E-state index is 4.80. The van der Waals surface area contributed by atoms with Crippen LogP contribution in [-0.2, 0) is 11.4 Å². The van der Waals surface area contributed by atoms with Gasteiger partial charge in [0.1, 0.15) is 6.61 Å². The molecule has 0 amide bonds. The highest BCUT2D eigenvalue weighted by molar-refractivity contribution is 5.67. The average molecular weight is 189 g/mol. The van der Waals surface area contributed by atoms with Gasteiger partial charge in [0.15, 0.2) is 0 Å². The van der Waals surface area contributed by atoms with Gasteiger partial charge >= 0.3 is 0 Å². The van der Waals surface area contributed by atoms with Gasteiger partial charge in [-0.25, -0.2) is 0 Å². The fourth-order valence-electron chi connectivity index (χ4n) is 1.04. The van der Waals surface area contributed by atoms with Gasteiger partial charge in [0.2, 0.25) is 0 Å². The summed E-state index contributed by atoms with van der Waals surface area (Å²) in [5, 5.41) is 3.30. The highest BCUT2D eigenvalue weighted by Crippen LogP contribution is 2.28. The molecule has 0 aliphatic rings. The minimum atomic E-state index is 0.365. The molecule has 72 valence electrons. The molecule has 0 atom stereocenters. The number of oxime groups is 1. The lowest BCUT2D eigenvalue weighted by atomic mass is 10.2. The Morgan fingerprint density at radius 2 is 1.79 bits per heavy atom. The first-order valence-corrected chi connectivity index (χ1v) is 3.96. The third-order valence-corrected chi connectivity index (χ3v) is 1.70.